The second kappa shape index (κ2) is 7.79. The van der Waals surface area contributed by atoms with Gasteiger partial charge in [-0.3, -0.25) is 4.79 Å². The maximum absolute atomic E-state index is 12.6. The average Bonchev–Trinajstić information content (AvgIpc) is 3.21. The summed E-state index contributed by atoms with van der Waals surface area (Å²) in [4.78, 5) is 12.6. The molecule has 1 fully saturated rings. The van der Waals surface area contributed by atoms with E-state index in [2.05, 4.69) is 5.32 Å². The number of nitrogens with one attached hydrogen (secondary N) is 1. The molecule has 5 nitrogen and oxygen atoms in total. The van der Waals surface area contributed by atoms with Crippen molar-refractivity contribution in [3.63, 3.8) is 0 Å². The molecular weight excluding hydrogens is 330 g/mol. The van der Waals surface area contributed by atoms with E-state index in [1.807, 2.05) is 36.4 Å². The summed E-state index contributed by atoms with van der Waals surface area (Å²) in [6.45, 7) is 1.99. The molecule has 0 aliphatic carbocycles. The molecule has 2 atom stereocenters. The zero-order valence-corrected chi connectivity index (χ0v) is 14.6. The van der Waals surface area contributed by atoms with Crippen LogP contribution in [-0.2, 0) is 4.74 Å². The highest BCUT2D eigenvalue weighted by Gasteiger charge is 2.23. The Bertz CT molecular complexity index is 753. The van der Waals surface area contributed by atoms with Gasteiger partial charge in [0.15, 0.2) is 0 Å². The summed E-state index contributed by atoms with van der Waals surface area (Å²) in [5.74, 6) is 1.52. The number of fused-ring (bicyclic) bond motifs is 1. The first-order chi connectivity index (χ1) is 12.8. The van der Waals surface area contributed by atoms with Crippen molar-refractivity contribution in [3.8, 4) is 11.5 Å². The van der Waals surface area contributed by atoms with E-state index in [-0.39, 0.29) is 18.1 Å². The molecule has 5 heteroatoms. The summed E-state index contributed by atoms with van der Waals surface area (Å²) < 4.78 is 16.9. The van der Waals surface area contributed by atoms with Crippen LogP contribution in [0.5, 0.6) is 11.5 Å². The molecule has 0 spiro atoms. The number of rotatable bonds is 5. The fourth-order valence-corrected chi connectivity index (χ4v) is 3.40. The topological polar surface area (TPSA) is 56.8 Å². The number of carbonyl (C=O) groups is 1. The van der Waals surface area contributed by atoms with E-state index in [4.69, 9.17) is 14.2 Å². The molecule has 1 saturated heterocycles. The third kappa shape index (κ3) is 3.83. The predicted octanol–water partition coefficient (Wildman–Crippen LogP) is 3.50. The van der Waals surface area contributed by atoms with E-state index in [0.29, 0.717) is 18.8 Å². The van der Waals surface area contributed by atoms with Crippen LogP contribution in [0.1, 0.15) is 41.2 Å². The maximum atomic E-state index is 12.6. The van der Waals surface area contributed by atoms with Crippen LogP contribution in [0.25, 0.3) is 0 Å². The minimum absolute atomic E-state index is 0.0251. The zero-order valence-electron chi connectivity index (χ0n) is 14.6. The summed E-state index contributed by atoms with van der Waals surface area (Å²) in [7, 11) is 0. The molecule has 2 aromatic rings. The maximum Gasteiger partial charge on any atom is 0.251 e. The molecule has 2 heterocycles. The van der Waals surface area contributed by atoms with E-state index in [1.54, 1.807) is 12.1 Å². The molecular formula is C21H23NO4. The van der Waals surface area contributed by atoms with Crippen LogP contribution in [0.4, 0.5) is 0 Å². The third-order valence-corrected chi connectivity index (χ3v) is 4.84. The highest BCUT2D eigenvalue weighted by molar-refractivity contribution is 5.94. The highest BCUT2D eigenvalue weighted by atomic mass is 16.5. The van der Waals surface area contributed by atoms with E-state index in [9.17, 15) is 4.79 Å². The molecule has 0 radical (unpaired) electrons. The molecule has 26 heavy (non-hydrogen) atoms. The lowest BCUT2D eigenvalue weighted by molar-refractivity contribution is 0.0679. The largest absolute Gasteiger partial charge is 0.493 e. The van der Waals surface area contributed by atoms with Gasteiger partial charge in [-0.05, 0) is 43.2 Å². The number of amides is 1. The Labute approximate surface area is 153 Å². The molecule has 0 unspecified atom stereocenters. The minimum Gasteiger partial charge on any atom is -0.493 e. The summed E-state index contributed by atoms with van der Waals surface area (Å²) in [6, 6.07) is 15.1. The standard InChI is InChI=1S/C21H23NO4/c23-21(22-19-11-13-25-20-6-2-1-5-18(19)20)15-7-9-16(10-8-15)26-14-17-4-3-12-24-17/h1-2,5-10,17,19H,3-4,11-14H2,(H,22,23)/t17-,19+/m1/s1. The Morgan fingerprint density at radius 1 is 1.08 bits per heavy atom. The van der Waals surface area contributed by atoms with Crippen molar-refractivity contribution in [1.29, 1.82) is 0 Å². The molecule has 1 amide bonds. The number of ether oxygens (including phenoxy) is 3. The van der Waals surface area contributed by atoms with Gasteiger partial charge in [0.2, 0.25) is 0 Å². The molecule has 0 bridgehead atoms. The molecule has 136 valence electrons. The van der Waals surface area contributed by atoms with Gasteiger partial charge in [-0.1, -0.05) is 18.2 Å². The zero-order chi connectivity index (χ0) is 17.8. The summed E-state index contributed by atoms with van der Waals surface area (Å²) in [5, 5.41) is 3.11. The van der Waals surface area contributed by atoms with Gasteiger partial charge in [0.05, 0.1) is 18.8 Å². The third-order valence-electron chi connectivity index (χ3n) is 4.84. The van der Waals surface area contributed by atoms with Crippen LogP contribution >= 0.6 is 0 Å². The summed E-state index contributed by atoms with van der Waals surface area (Å²) in [6.07, 6.45) is 3.10. The van der Waals surface area contributed by atoms with E-state index in [0.717, 1.165) is 42.9 Å². The van der Waals surface area contributed by atoms with Crippen LogP contribution in [0.3, 0.4) is 0 Å². The molecule has 2 aliphatic heterocycles. The average molecular weight is 353 g/mol. The van der Waals surface area contributed by atoms with Gasteiger partial charge in [0.1, 0.15) is 18.1 Å². The number of benzene rings is 2. The van der Waals surface area contributed by atoms with Crippen molar-refractivity contribution < 1.29 is 19.0 Å². The lowest BCUT2D eigenvalue weighted by Gasteiger charge is -2.26. The first kappa shape index (κ1) is 16.9. The van der Waals surface area contributed by atoms with Crippen molar-refractivity contribution in [2.24, 2.45) is 0 Å². The van der Waals surface area contributed by atoms with Crippen LogP contribution < -0.4 is 14.8 Å². The SMILES string of the molecule is O=C(N[C@H]1CCOc2ccccc21)c1ccc(OC[C@H]2CCCO2)cc1. The van der Waals surface area contributed by atoms with Gasteiger partial charge in [-0.2, -0.15) is 0 Å². The van der Waals surface area contributed by atoms with Crippen molar-refractivity contribution in [2.45, 2.75) is 31.4 Å². The Morgan fingerprint density at radius 3 is 2.73 bits per heavy atom. The summed E-state index contributed by atoms with van der Waals surface area (Å²) in [5.41, 5.74) is 1.65. The number of carbonyl (C=O) groups excluding carboxylic acids is 1. The lowest BCUT2D eigenvalue weighted by atomic mass is 10.00. The Hall–Kier alpha value is -2.53. The normalized spacial score (nSPS) is 21.5. The number of para-hydroxylation sites is 1. The van der Waals surface area contributed by atoms with Crippen molar-refractivity contribution in [2.75, 3.05) is 19.8 Å². The first-order valence-corrected chi connectivity index (χ1v) is 9.16. The molecule has 0 aromatic heterocycles. The fraction of sp³-hybridized carbons (Fsp3) is 0.381. The molecule has 2 aliphatic rings. The minimum atomic E-state index is -0.0858. The molecule has 0 saturated carbocycles. The lowest BCUT2D eigenvalue weighted by Crippen LogP contribution is -2.32. The van der Waals surface area contributed by atoms with Gasteiger partial charge in [-0.25, -0.2) is 0 Å². The van der Waals surface area contributed by atoms with Crippen LogP contribution in [0.15, 0.2) is 48.5 Å². The van der Waals surface area contributed by atoms with Crippen LogP contribution in [0, 0.1) is 0 Å². The quantitative estimate of drug-likeness (QED) is 0.894. The number of hydrogen-bond donors (Lipinski definition) is 1. The predicted molar refractivity (Wildman–Crippen MR) is 97.7 cm³/mol. The monoisotopic (exact) mass is 353 g/mol. The van der Waals surface area contributed by atoms with Gasteiger partial charge in [-0.15, -0.1) is 0 Å². The fourth-order valence-electron chi connectivity index (χ4n) is 3.40. The van der Waals surface area contributed by atoms with E-state index in [1.165, 1.54) is 0 Å². The van der Waals surface area contributed by atoms with Crippen LogP contribution in [-0.4, -0.2) is 31.8 Å². The molecule has 2 aromatic carbocycles. The Balaban J connectivity index is 1.36. The van der Waals surface area contributed by atoms with Crippen LogP contribution in [0.2, 0.25) is 0 Å². The first-order valence-electron chi connectivity index (χ1n) is 9.16. The molecule has 4 rings (SSSR count). The van der Waals surface area contributed by atoms with E-state index < -0.39 is 0 Å². The summed E-state index contributed by atoms with van der Waals surface area (Å²) >= 11 is 0. The van der Waals surface area contributed by atoms with Gasteiger partial charge in [0, 0.05) is 24.2 Å². The second-order valence-corrected chi connectivity index (χ2v) is 6.67. The van der Waals surface area contributed by atoms with E-state index >= 15 is 0 Å². The Kier molecular flexibility index (Phi) is 5.07. The van der Waals surface area contributed by atoms with Crippen molar-refractivity contribution in [3.05, 3.63) is 59.7 Å². The van der Waals surface area contributed by atoms with Gasteiger partial charge < -0.3 is 19.5 Å². The van der Waals surface area contributed by atoms with Gasteiger partial charge in [0.25, 0.3) is 5.91 Å². The smallest absolute Gasteiger partial charge is 0.251 e. The second-order valence-electron chi connectivity index (χ2n) is 6.67. The van der Waals surface area contributed by atoms with Crippen molar-refractivity contribution in [1.82, 2.24) is 5.32 Å². The van der Waals surface area contributed by atoms with Crippen molar-refractivity contribution >= 4 is 5.91 Å². The molecule has 1 N–H and O–H groups in total. The number of hydrogen-bond acceptors (Lipinski definition) is 4. The highest BCUT2D eigenvalue weighted by Crippen LogP contribution is 2.31. The van der Waals surface area contributed by atoms with Gasteiger partial charge >= 0.3 is 0 Å². The Morgan fingerprint density at radius 2 is 1.92 bits per heavy atom.